The monoisotopic (exact) mass is 317 g/mol. The Morgan fingerprint density at radius 3 is 2.00 bits per heavy atom. The summed E-state index contributed by atoms with van der Waals surface area (Å²) < 4.78 is 28.5. The van der Waals surface area contributed by atoms with Crippen molar-refractivity contribution in [1.82, 2.24) is 4.90 Å². The van der Waals surface area contributed by atoms with Crippen molar-refractivity contribution in [3.63, 3.8) is 0 Å². The Hall–Kier alpha value is -0.750. The summed E-state index contributed by atoms with van der Waals surface area (Å²) >= 11 is 0. The second-order valence-electron chi connectivity index (χ2n) is 5.53. The lowest BCUT2D eigenvalue weighted by atomic mass is 9.81. The van der Waals surface area contributed by atoms with E-state index in [2.05, 4.69) is 0 Å². The van der Waals surface area contributed by atoms with Gasteiger partial charge in [0, 0.05) is 0 Å². The smallest absolute Gasteiger partial charge is 0.350 e. The van der Waals surface area contributed by atoms with Crippen molar-refractivity contribution in [2.75, 3.05) is 19.5 Å². The first-order valence-electron chi connectivity index (χ1n) is 7.39. The van der Waals surface area contributed by atoms with Gasteiger partial charge in [0.2, 0.25) is 11.8 Å². The van der Waals surface area contributed by atoms with Crippen molar-refractivity contribution in [1.29, 1.82) is 0 Å². The average molecular weight is 317 g/mol. The molecule has 0 aliphatic carbocycles. The summed E-state index contributed by atoms with van der Waals surface area (Å²) in [6.45, 7) is 3.80. The molecule has 0 aromatic heterocycles. The van der Waals surface area contributed by atoms with Crippen LogP contribution in [0.25, 0.3) is 0 Å². The Kier molecular flexibility index (Phi) is 3.94. The summed E-state index contributed by atoms with van der Waals surface area (Å²) in [5.41, 5.74) is 0. The molecule has 0 N–H and O–H groups in total. The molecule has 0 spiro atoms. The van der Waals surface area contributed by atoms with Crippen LogP contribution in [0.3, 0.4) is 0 Å². The summed E-state index contributed by atoms with van der Waals surface area (Å²) in [5, 5.41) is 0. The zero-order valence-electron chi connectivity index (χ0n) is 12.2. The van der Waals surface area contributed by atoms with E-state index in [1.165, 1.54) is 0 Å². The fourth-order valence-corrected chi connectivity index (χ4v) is 5.25. The molecule has 3 heterocycles. The minimum absolute atomic E-state index is 0.167. The number of hydrogen-bond acceptors (Lipinski definition) is 6. The van der Waals surface area contributed by atoms with Crippen LogP contribution in [0.1, 0.15) is 26.7 Å². The zero-order chi connectivity index (χ0) is 15.2. The van der Waals surface area contributed by atoms with E-state index in [-0.39, 0.29) is 43.5 Å². The van der Waals surface area contributed by atoms with E-state index in [0.717, 1.165) is 17.7 Å². The number of imide groups is 1. The van der Waals surface area contributed by atoms with Gasteiger partial charge in [-0.2, -0.15) is 0 Å². The predicted molar refractivity (Wildman–Crippen MR) is 72.5 cm³/mol. The molecule has 21 heavy (non-hydrogen) atoms. The number of fused-ring (bicyclic) bond motifs is 5. The van der Waals surface area contributed by atoms with Gasteiger partial charge in [-0.3, -0.25) is 19.1 Å². The summed E-state index contributed by atoms with van der Waals surface area (Å²) in [6.07, 6.45) is 0.999. The topological polar surface area (TPSA) is 82.1 Å². The Labute approximate surface area is 123 Å². The summed E-state index contributed by atoms with van der Waals surface area (Å²) in [6, 6.07) is 0. The van der Waals surface area contributed by atoms with Crippen LogP contribution in [0.4, 0.5) is 0 Å². The predicted octanol–water partition coefficient (Wildman–Crippen LogP) is 1.37. The minimum atomic E-state index is -3.46. The largest absolute Gasteiger partial charge is 0.373 e. The highest BCUT2D eigenvalue weighted by Gasteiger charge is 2.63. The van der Waals surface area contributed by atoms with Crippen LogP contribution in [0.5, 0.6) is 0 Å². The van der Waals surface area contributed by atoms with E-state index < -0.39 is 19.4 Å². The lowest BCUT2D eigenvalue weighted by Crippen LogP contribution is -2.35. The van der Waals surface area contributed by atoms with Crippen LogP contribution < -0.4 is 0 Å². The van der Waals surface area contributed by atoms with E-state index in [1.54, 1.807) is 13.8 Å². The van der Waals surface area contributed by atoms with Crippen LogP contribution in [-0.4, -0.2) is 48.4 Å². The van der Waals surface area contributed by atoms with Crippen molar-refractivity contribution in [2.45, 2.75) is 38.9 Å². The molecule has 8 heteroatoms. The molecule has 3 rings (SSSR count). The van der Waals surface area contributed by atoms with Crippen molar-refractivity contribution in [2.24, 2.45) is 11.8 Å². The van der Waals surface area contributed by atoms with Gasteiger partial charge in [-0.25, -0.2) is 0 Å². The molecule has 0 saturated carbocycles. The third kappa shape index (κ3) is 2.36. The second-order valence-corrected chi connectivity index (χ2v) is 7.56. The molecule has 3 saturated heterocycles. The van der Waals surface area contributed by atoms with Gasteiger partial charge in [0.15, 0.2) is 0 Å². The normalized spacial score (nSPS) is 34.9. The Morgan fingerprint density at radius 1 is 1.10 bits per heavy atom. The summed E-state index contributed by atoms with van der Waals surface area (Å²) in [5.74, 6) is -1.41. The van der Waals surface area contributed by atoms with Gasteiger partial charge in [-0.05, 0) is 26.7 Å². The highest BCUT2D eigenvalue weighted by atomic mass is 31.2. The van der Waals surface area contributed by atoms with E-state index in [0.29, 0.717) is 0 Å². The van der Waals surface area contributed by atoms with Crippen LogP contribution in [0.2, 0.25) is 0 Å². The first-order chi connectivity index (χ1) is 10.0. The molecule has 0 radical (unpaired) electrons. The maximum absolute atomic E-state index is 12.5. The molecule has 4 unspecified atom stereocenters. The highest BCUT2D eigenvalue weighted by molar-refractivity contribution is 7.53. The van der Waals surface area contributed by atoms with E-state index in [9.17, 15) is 14.2 Å². The molecule has 7 nitrogen and oxygen atoms in total. The average Bonchev–Trinajstić information content (AvgIpc) is 3.09. The molecule has 3 fully saturated rings. The third-order valence-corrected chi connectivity index (χ3v) is 6.27. The number of nitrogens with zero attached hydrogens (tertiary/aromatic N) is 1. The second kappa shape index (κ2) is 5.47. The number of carbonyl (C=O) groups excluding carboxylic acids is 2. The molecule has 4 atom stereocenters. The maximum atomic E-state index is 12.5. The summed E-state index contributed by atoms with van der Waals surface area (Å²) in [7, 11) is -3.46. The number of likely N-dealkylation sites (tertiary alicyclic amines) is 1. The molecule has 2 amide bonds. The van der Waals surface area contributed by atoms with Crippen LogP contribution in [0, 0.1) is 11.8 Å². The van der Waals surface area contributed by atoms with Crippen molar-refractivity contribution in [3.8, 4) is 0 Å². The molecule has 3 aliphatic rings. The molecule has 3 aliphatic heterocycles. The van der Waals surface area contributed by atoms with Gasteiger partial charge < -0.3 is 13.8 Å². The Balaban J connectivity index is 1.79. The molecule has 2 bridgehead atoms. The molecular weight excluding hydrogens is 297 g/mol. The number of carbonyl (C=O) groups is 2. The van der Waals surface area contributed by atoms with Gasteiger partial charge >= 0.3 is 7.60 Å². The van der Waals surface area contributed by atoms with Gasteiger partial charge in [0.05, 0.1) is 37.3 Å². The highest BCUT2D eigenvalue weighted by Crippen LogP contribution is 2.53. The summed E-state index contributed by atoms with van der Waals surface area (Å²) in [4.78, 5) is 26.0. The van der Waals surface area contributed by atoms with E-state index in [4.69, 9.17) is 13.8 Å². The van der Waals surface area contributed by atoms with E-state index >= 15 is 0 Å². The lowest BCUT2D eigenvalue weighted by molar-refractivity contribution is -0.141. The van der Waals surface area contributed by atoms with Gasteiger partial charge in [0.1, 0.15) is 6.29 Å². The molecule has 0 aromatic carbocycles. The number of hydrogen-bond donors (Lipinski definition) is 0. The van der Waals surface area contributed by atoms with E-state index in [1.807, 2.05) is 0 Å². The minimum Gasteiger partial charge on any atom is -0.373 e. The number of rotatable bonds is 6. The quantitative estimate of drug-likeness (QED) is 0.543. The Bertz CT molecular complexity index is 471. The SMILES string of the molecule is CCOP(=O)(CN1C(=O)C2C3CCC(O3)C2C1=O)OCC. The van der Waals surface area contributed by atoms with Crippen LogP contribution in [0.15, 0.2) is 0 Å². The fraction of sp³-hybridized carbons (Fsp3) is 0.846. The van der Waals surface area contributed by atoms with Gasteiger partial charge in [-0.15, -0.1) is 0 Å². The number of ether oxygens (including phenoxy) is 1. The van der Waals surface area contributed by atoms with Crippen LogP contribution in [-0.2, 0) is 27.9 Å². The first-order valence-corrected chi connectivity index (χ1v) is 9.12. The van der Waals surface area contributed by atoms with Gasteiger partial charge in [-0.1, -0.05) is 0 Å². The van der Waals surface area contributed by atoms with Crippen molar-refractivity contribution in [3.05, 3.63) is 0 Å². The van der Waals surface area contributed by atoms with Gasteiger partial charge in [0.25, 0.3) is 0 Å². The number of amides is 2. The standard InChI is InChI=1S/C13H20NO6P/c1-3-18-21(17,19-4-2)7-14-12(15)10-8-5-6-9(20-8)11(10)13(14)16/h8-11H,3-7H2,1-2H3. The van der Waals surface area contributed by atoms with Crippen molar-refractivity contribution >= 4 is 19.4 Å². The van der Waals surface area contributed by atoms with Crippen molar-refractivity contribution < 1.29 is 27.9 Å². The maximum Gasteiger partial charge on any atom is 0.350 e. The van der Waals surface area contributed by atoms with Crippen LogP contribution >= 0.6 is 7.60 Å². The molecule has 118 valence electrons. The zero-order valence-corrected chi connectivity index (χ0v) is 13.1. The fourth-order valence-electron chi connectivity index (χ4n) is 3.60. The molecule has 0 aromatic rings. The first kappa shape index (κ1) is 15.2. The lowest BCUT2D eigenvalue weighted by Gasteiger charge is -2.23. The Morgan fingerprint density at radius 2 is 1.57 bits per heavy atom. The third-order valence-electron chi connectivity index (χ3n) is 4.34. The molecular formula is C13H20NO6P.